The van der Waals surface area contributed by atoms with Gasteiger partial charge in [-0.15, -0.1) is 0 Å². The second-order valence-corrected chi connectivity index (χ2v) is 6.96. The molecule has 0 aromatic heterocycles. The molecular formula is C22H28FN3O2. The van der Waals surface area contributed by atoms with Gasteiger partial charge in [0.1, 0.15) is 5.82 Å². The third-order valence-corrected chi connectivity index (χ3v) is 5.10. The maximum Gasteiger partial charge on any atom is 0.191 e. The Labute approximate surface area is 166 Å². The van der Waals surface area contributed by atoms with Crippen molar-refractivity contribution in [2.45, 2.75) is 31.7 Å². The molecule has 0 radical (unpaired) electrons. The van der Waals surface area contributed by atoms with Crippen molar-refractivity contribution in [3.63, 3.8) is 0 Å². The molecule has 6 heteroatoms. The lowest BCUT2D eigenvalue weighted by atomic mass is 9.95. The van der Waals surface area contributed by atoms with Crippen LogP contribution in [0.2, 0.25) is 0 Å². The van der Waals surface area contributed by atoms with Crippen LogP contribution < -0.4 is 20.1 Å². The predicted molar refractivity (Wildman–Crippen MR) is 110 cm³/mol. The Balaban J connectivity index is 1.59. The Bertz CT molecular complexity index is 834. The van der Waals surface area contributed by atoms with Crippen molar-refractivity contribution in [2.24, 2.45) is 4.99 Å². The topological polar surface area (TPSA) is 54.9 Å². The lowest BCUT2D eigenvalue weighted by Gasteiger charge is -2.20. The van der Waals surface area contributed by atoms with Crippen molar-refractivity contribution in [3.05, 3.63) is 59.4 Å². The summed E-state index contributed by atoms with van der Waals surface area (Å²) >= 11 is 0. The molecule has 150 valence electrons. The number of ether oxygens (including phenoxy) is 2. The minimum absolute atomic E-state index is 0.133. The van der Waals surface area contributed by atoms with Crippen LogP contribution in [0.25, 0.3) is 0 Å². The molecule has 0 saturated heterocycles. The van der Waals surface area contributed by atoms with E-state index in [1.165, 1.54) is 6.07 Å². The molecule has 1 aliphatic rings. The maximum atomic E-state index is 14.2. The van der Waals surface area contributed by atoms with E-state index in [-0.39, 0.29) is 11.2 Å². The Hall–Kier alpha value is -2.76. The van der Waals surface area contributed by atoms with Crippen molar-refractivity contribution < 1.29 is 13.9 Å². The minimum atomic E-state index is -0.134. The molecule has 0 unspecified atom stereocenters. The van der Waals surface area contributed by atoms with E-state index in [4.69, 9.17) is 9.47 Å². The first-order valence-corrected chi connectivity index (χ1v) is 9.61. The highest BCUT2D eigenvalue weighted by molar-refractivity contribution is 5.79. The monoisotopic (exact) mass is 385 g/mol. The van der Waals surface area contributed by atoms with Gasteiger partial charge in [-0.05, 0) is 49.1 Å². The van der Waals surface area contributed by atoms with E-state index in [0.717, 1.165) is 29.7 Å². The fraction of sp³-hybridized carbons (Fsp3) is 0.409. The smallest absolute Gasteiger partial charge is 0.191 e. The van der Waals surface area contributed by atoms with Gasteiger partial charge in [0, 0.05) is 25.6 Å². The standard InChI is InChI=1S/C22H28FN3O2/c1-4-28-20-13-16(9-10-19(20)27-3)14-25-21(24-2)26-15-22(11-12-22)17-7-5-6-8-18(17)23/h5-10,13H,4,11-12,14-15H2,1-3H3,(H2,24,25,26). The highest BCUT2D eigenvalue weighted by Gasteiger charge is 2.45. The van der Waals surface area contributed by atoms with Crippen LogP contribution in [0.3, 0.4) is 0 Å². The SMILES string of the molecule is CCOc1cc(CNC(=NC)NCC2(c3ccccc3F)CC2)ccc1OC. The molecule has 0 heterocycles. The molecule has 0 bridgehead atoms. The number of halogens is 1. The molecular weight excluding hydrogens is 357 g/mol. The lowest BCUT2D eigenvalue weighted by Crippen LogP contribution is -2.41. The van der Waals surface area contributed by atoms with Gasteiger partial charge in [0.2, 0.25) is 0 Å². The molecule has 1 aliphatic carbocycles. The zero-order chi connectivity index (χ0) is 20.0. The first-order valence-electron chi connectivity index (χ1n) is 9.61. The predicted octanol–water partition coefficient (Wildman–Crippen LogP) is 3.63. The summed E-state index contributed by atoms with van der Waals surface area (Å²) in [5, 5.41) is 6.65. The molecule has 1 fully saturated rings. The van der Waals surface area contributed by atoms with Crippen LogP contribution in [0, 0.1) is 5.82 Å². The molecule has 28 heavy (non-hydrogen) atoms. The zero-order valence-electron chi connectivity index (χ0n) is 16.7. The van der Waals surface area contributed by atoms with Crippen LogP contribution in [0.5, 0.6) is 11.5 Å². The summed E-state index contributed by atoms with van der Waals surface area (Å²) in [6, 6.07) is 12.9. The summed E-state index contributed by atoms with van der Waals surface area (Å²) in [5.74, 6) is 2.00. The molecule has 1 saturated carbocycles. The third kappa shape index (κ3) is 4.55. The van der Waals surface area contributed by atoms with Gasteiger partial charge >= 0.3 is 0 Å². The molecule has 2 aromatic rings. The van der Waals surface area contributed by atoms with Gasteiger partial charge < -0.3 is 20.1 Å². The fourth-order valence-electron chi connectivity index (χ4n) is 3.34. The Morgan fingerprint density at radius 2 is 1.93 bits per heavy atom. The number of rotatable bonds is 8. The average Bonchev–Trinajstić information content (AvgIpc) is 3.50. The highest BCUT2D eigenvalue weighted by Crippen LogP contribution is 2.48. The van der Waals surface area contributed by atoms with Crippen molar-refractivity contribution in [1.29, 1.82) is 0 Å². The number of hydrogen-bond acceptors (Lipinski definition) is 3. The van der Waals surface area contributed by atoms with Crippen molar-refractivity contribution in [3.8, 4) is 11.5 Å². The van der Waals surface area contributed by atoms with Crippen LogP contribution >= 0.6 is 0 Å². The van der Waals surface area contributed by atoms with Gasteiger partial charge in [-0.1, -0.05) is 24.3 Å². The van der Waals surface area contributed by atoms with E-state index in [1.54, 1.807) is 20.2 Å². The van der Waals surface area contributed by atoms with Gasteiger partial charge in [0.25, 0.3) is 0 Å². The molecule has 0 aliphatic heterocycles. The second kappa shape index (κ2) is 8.95. The van der Waals surface area contributed by atoms with Crippen molar-refractivity contribution in [1.82, 2.24) is 10.6 Å². The van der Waals surface area contributed by atoms with Crippen molar-refractivity contribution >= 4 is 5.96 Å². The first kappa shape index (κ1) is 20.0. The molecule has 2 N–H and O–H groups in total. The van der Waals surface area contributed by atoms with E-state index in [1.807, 2.05) is 37.3 Å². The number of methoxy groups -OCH3 is 1. The normalized spacial score (nSPS) is 15.1. The average molecular weight is 385 g/mol. The summed E-state index contributed by atoms with van der Waals surface area (Å²) in [7, 11) is 3.36. The minimum Gasteiger partial charge on any atom is -0.493 e. The van der Waals surface area contributed by atoms with Crippen LogP contribution in [0.1, 0.15) is 30.9 Å². The van der Waals surface area contributed by atoms with Crippen LogP contribution in [-0.4, -0.2) is 33.3 Å². The number of nitrogens with zero attached hydrogens (tertiary/aromatic N) is 1. The second-order valence-electron chi connectivity index (χ2n) is 6.96. The molecule has 3 rings (SSSR count). The van der Waals surface area contributed by atoms with Crippen LogP contribution in [-0.2, 0) is 12.0 Å². The molecule has 0 amide bonds. The molecule has 0 atom stereocenters. The van der Waals surface area contributed by atoms with Gasteiger partial charge in [-0.3, -0.25) is 4.99 Å². The van der Waals surface area contributed by atoms with Crippen LogP contribution in [0.4, 0.5) is 4.39 Å². The summed E-state index contributed by atoms with van der Waals surface area (Å²) in [6.45, 7) is 3.77. The quantitative estimate of drug-likeness (QED) is 0.538. The molecule has 5 nitrogen and oxygen atoms in total. The third-order valence-electron chi connectivity index (χ3n) is 5.10. The van der Waals surface area contributed by atoms with E-state index in [9.17, 15) is 4.39 Å². The van der Waals surface area contributed by atoms with E-state index in [0.29, 0.717) is 31.4 Å². The number of guanidine groups is 1. The Morgan fingerprint density at radius 1 is 1.14 bits per heavy atom. The fourth-order valence-corrected chi connectivity index (χ4v) is 3.34. The van der Waals surface area contributed by atoms with Gasteiger partial charge in [-0.2, -0.15) is 0 Å². The van der Waals surface area contributed by atoms with Gasteiger partial charge in [0.15, 0.2) is 17.5 Å². The van der Waals surface area contributed by atoms with E-state index < -0.39 is 0 Å². The lowest BCUT2D eigenvalue weighted by molar-refractivity contribution is 0.310. The van der Waals surface area contributed by atoms with Gasteiger partial charge in [-0.25, -0.2) is 4.39 Å². The number of hydrogen-bond donors (Lipinski definition) is 2. The summed E-state index contributed by atoms with van der Waals surface area (Å²) in [4.78, 5) is 4.29. The maximum absolute atomic E-state index is 14.2. The number of benzene rings is 2. The zero-order valence-corrected chi connectivity index (χ0v) is 16.7. The summed E-state index contributed by atoms with van der Waals surface area (Å²) in [5.41, 5.74) is 1.71. The first-order chi connectivity index (χ1) is 13.6. The summed E-state index contributed by atoms with van der Waals surface area (Å²) < 4.78 is 25.1. The largest absolute Gasteiger partial charge is 0.493 e. The summed E-state index contributed by atoms with van der Waals surface area (Å²) in [6.07, 6.45) is 1.96. The number of nitrogens with one attached hydrogen (secondary N) is 2. The van der Waals surface area contributed by atoms with E-state index in [2.05, 4.69) is 15.6 Å². The van der Waals surface area contributed by atoms with Crippen molar-refractivity contribution in [2.75, 3.05) is 27.3 Å². The Morgan fingerprint density at radius 3 is 2.57 bits per heavy atom. The van der Waals surface area contributed by atoms with Gasteiger partial charge in [0.05, 0.1) is 13.7 Å². The van der Waals surface area contributed by atoms with E-state index >= 15 is 0 Å². The molecule has 0 spiro atoms. The van der Waals surface area contributed by atoms with Crippen LogP contribution in [0.15, 0.2) is 47.5 Å². The number of aliphatic imine (C=N–C) groups is 1. The Kier molecular flexibility index (Phi) is 6.39. The molecule has 2 aromatic carbocycles. The highest BCUT2D eigenvalue weighted by atomic mass is 19.1.